The van der Waals surface area contributed by atoms with E-state index in [1.54, 1.807) is 0 Å². The summed E-state index contributed by atoms with van der Waals surface area (Å²) in [4.78, 5) is 40.2. The molecule has 1 aromatic heterocycles. The number of nitrogens with one attached hydrogen (secondary N) is 2. The summed E-state index contributed by atoms with van der Waals surface area (Å²) in [7, 11) is 0. The molecule has 2 atom stereocenters. The number of hydrogen-bond donors (Lipinski definition) is 2. The number of imide groups is 1. The highest BCUT2D eigenvalue weighted by Gasteiger charge is 2.52. The lowest BCUT2D eigenvalue weighted by atomic mass is 9.85. The Morgan fingerprint density at radius 1 is 1.28 bits per heavy atom. The van der Waals surface area contributed by atoms with Crippen molar-refractivity contribution >= 4 is 29.2 Å². The van der Waals surface area contributed by atoms with E-state index < -0.39 is 29.2 Å². The van der Waals surface area contributed by atoms with Crippen LogP contribution >= 0.6 is 11.3 Å². The van der Waals surface area contributed by atoms with Gasteiger partial charge in [0.2, 0.25) is 5.91 Å². The van der Waals surface area contributed by atoms with Gasteiger partial charge in [0, 0.05) is 4.88 Å². The molecule has 6 nitrogen and oxygen atoms in total. The predicted octanol–water partition coefficient (Wildman–Crippen LogP) is 3.70. The van der Waals surface area contributed by atoms with Gasteiger partial charge in [0.15, 0.2) is 0 Å². The summed E-state index contributed by atoms with van der Waals surface area (Å²) < 4.78 is 13.4. The fraction of sp³-hybridized carbons (Fsp3) is 0.381. The van der Waals surface area contributed by atoms with Crippen LogP contribution in [0.3, 0.4) is 0 Å². The quantitative estimate of drug-likeness (QED) is 0.643. The molecular formula is C21H24FN3O3S. The second kappa shape index (κ2) is 8.73. The fourth-order valence-corrected chi connectivity index (χ4v) is 4.23. The average Bonchev–Trinajstić information content (AvgIpc) is 3.31. The SMILES string of the molecule is CCCC[C@]1(c2ccc(F)cc2)NC(=O)N(CC(=O)N[C@@H](C)c2cccs2)C1=O. The second-order valence-corrected chi connectivity index (χ2v) is 8.12. The van der Waals surface area contributed by atoms with Crippen molar-refractivity contribution in [2.45, 2.75) is 44.7 Å². The van der Waals surface area contributed by atoms with Gasteiger partial charge >= 0.3 is 6.03 Å². The van der Waals surface area contributed by atoms with Gasteiger partial charge in [-0.25, -0.2) is 9.18 Å². The zero-order chi connectivity index (χ0) is 21.0. The van der Waals surface area contributed by atoms with Crippen LogP contribution in [-0.2, 0) is 15.1 Å². The number of urea groups is 1. The first-order chi connectivity index (χ1) is 13.9. The van der Waals surface area contributed by atoms with E-state index in [-0.39, 0.29) is 12.6 Å². The van der Waals surface area contributed by atoms with Gasteiger partial charge in [-0.15, -0.1) is 11.3 Å². The van der Waals surface area contributed by atoms with Crippen molar-refractivity contribution < 1.29 is 18.8 Å². The van der Waals surface area contributed by atoms with E-state index in [4.69, 9.17) is 0 Å². The van der Waals surface area contributed by atoms with Gasteiger partial charge in [-0.1, -0.05) is 38.0 Å². The van der Waals surface area contributed by atoms with Crippen molar-refractivity contribution in [1.82, 2.24) is 15.5 Å². The number of carbonyl (C=O) groups excluding carboxylic acids is 3. The minimum Gasteiger partial charge on any atom is -0.347 e. The Labute approximate surface area is 173 Å². The van der Waals surface area contributed by atoms with Crippen molar-refractivity contribution in [2.24, 2.45) is 0 Å². The first-order valence-corrected chi connectivity index (χ1v) is 10.5. The zero-order valence-electron chi connectivity index (χ0n) is 16.4. The van der Waals surface area contributed by atoms with Crippen molar-refractivity contribution in [3.63, 3.8) is 0 Å². The summed E-state index contributed by atoms with van der Waals surface area (Å²) in [6.07, 6.45) is 1.90. The lowest BCUT2D eigenvalue weighted by Gasteiger charge is -2.27. The molecule has 0 aliphatic carbocycles. The maximum absolute atomic E-state index is 13.4. The van der Waals surface area contributed by atoms with Crippen molar-refractivity contribution in [3.05, 3.63) is 58.0 Å². The van der Waals surface area contributed by atoms with E-state index >= 15 is 0 Å². The highest BCUT2D eigenvalue weighted by atomic mass is 32.1. The molecule has 4 amide bonds. The van der Waals surface area contributed by atoms with Gasteiger partial charge in [0.25, 0.3) is 5.91 Å². The van der Waals surface area contributed by atoms with Crippen molar-refractivity contribution in [2.75, 3.05) is 6.54 Å². The van der Waals surface area contributed by atoms with Crippen LogP contribution in [0.25, 0.3) is 0 Å². The van der Waals surface area contributed by atoms with Crippen LogP contribution in [0.5, 0.6) is 0 Å². The van der Waals surface area contributed by atoms with Crippen LogP contribution in [0.1, 0.15) is 49.6 Å². The summed E-state index contributed by atoms with van der Waals surface area (Å²) in [6.45, 7) is 3.46. The molecule has 0 spiro atoms. The summed E-state index contributed by atoms with van der Waals surface area (Å²) >= 11 is 1.52. The number of carbonyl (C=O) groups is 3. The first kappa shape index (κ1) is 21.0. The third-order valence-electron chi connectivity index (χ3n) is 5.07. The molecule has 29 heavy (non-hydrogen) atoms. The molecule has 1 aromatic carbocycles. The maximum Gasteiger partial charge on any atom is 0.325 e. The molecule has 1 aliphatic rings. The Kier molecular flexibility index (Phi) is 6.32. The molecule has 0 saturated carbocycles. The Bertz CT molecular complexity index is 885. The largest absolute Gasteiger partial charge is 0.347 e. The van der Waals surface area contributed by atoms with Crippen LogP contribution in [0.15, 0.2) is 41.8 Å². The topological polar surface area (TPSA) is 78.5 Å². The third kappa shape index (κ3) is 4.32. The van der Waals surface area contributed by atoms with Crippen LogP contribution in [0.4, 0.5) is 9.18 Å². The number of nitrogens with zero attached hydrogens (tertiary/aromatic N) is 1. The Morgan fingerprint density at radius 2 is 2.00 bits per heavy atom. The van der Waals surface area contributed by atoms with Crippen LogP contribution in [0, 0.1) is 5.82 Å². The third-order valence-corrected chi connectivity index (χ3v) is 6.12. The molecule has 0 bridgehead atoms. The minimum atomic E-state index is -1.28. The number of thiophene rings is 1. The summed E-state index contributed by atoms with van der Waals surface area (Å²) in [5.41, 5.74) is -0.763. The molecule has 1 fully saturated rings. The van der Waals surface area contributed by atoms with E-state index in [2.05, 4.69) is 10.6 Å². The highest BCUT2D eigenvalue weighted by molar-refractivity contribution is 7.10. The molecule has 1 aliphatic heterocycles. The predicted molar refractivity (Wildman–Crippen MR) is 109 cm³/mol. The van der Waals surface area contributed by atoms with Gasteiger partial charge in [0.1, 0.15) is 17.9 Å². The van der Waals surface area contributed by atoms with Crippen molar-refractivity contribution in [3.8, 4) is 0 Å². The molecule has 1 saturated heterocycles. The number of halogens is 1. The molecular weight excluding hydrogens is 393 g/mol. The maximum atomic E-state index is 13.4. The number of benzene rings is 1. The molecule has 8 heteroatoms. The molecule has 2 aromatic rings. The molecule has 2 heterocycles. The van der Waals surface area contributed by atoms with Crippen molar-refractivity contribution in [1.29, 1.82) is 0 Å². The average molecular weight is 418 g/mol. The number of hydrogen-bond acceptors (Lipinski definition) is 4. The van der Waals surface area contributed by atoms with Gasteiger partial charge in [-0.05, 0) is 42.5 Å². The van der Waals surface area contributed by atoms with Crippen LogP contribution < -0.4 is 10.6 Å². The number of amides is 4. The Hall–Kier alpha value is -2.74. The van der Waals surface area contributed by atoms with E-state index in [9.17, 15) is 18.8 Å². The summed E-state index contributed by atoms with van der Waals surface area (Å²) in [5, 5.41) is 7.49. The number of rotatable bonds is 8. The molecule has 2 N–H and O–H groups in total. The molecule has 0 unspecified atom stereocenters. The van der Waals surface area contributed by atoms with E-state index in [1.165, 1.54) is 35.6 Å². The standard InChI is InChI=1S/C21H24FN3O3S/c1-3-4-11-21(15-7-9-16(22)10-8-15)19(27)25(20(28)24-21)13-18(26)23-14(2)17-6-5-12-29-17/h5-10,12,14H,3-4,11,13H2,1-2H3,(H,23,26)(H,24,28)/t14-,21+/m0/s1. The van der Waals surface area contributed by atoms with E-state index in [0.29, 0.717) is 18.4 Å². The smallest absolute Gasteiger partial charge is 0.325 e. The Balaban J connectivity index is 1.78. The van der Waals surface area contributed by atoms with Gasteiger partial charge in [0.05, 0.1) is 6.04 Å². The monoisotopic (exact) mass is 417 g/mol. The van der Waals surface area contributed by atoms with Gasteiger partial charge < -0.3 is 10.6 Å². The molecule has 0 radical (unpaired) electrons. The minimum absolute atomic E-state index is 0.217. The summed E-state index contributed by atoms with van der Waals surface area (Å²) in [6, 6.07) is 8.51. The van der Waals surface area contributed by atoms with Gasteiger partial charge in [-0.3, -0.25) is 14.5 Å². The van der Waals surface area contributed by atoms with Gasteiger partial charge in [-0.2, -0.15) is 0 Å². The Morgan fingerprint density at radius 3 is 2.62 bits per heavy atom. The van der Waals surface area contributed by atoms with E-state index in [1.807, 2.05) is 31.4 Å². The van der Waals surface area contributed by atoms with Crippen LogP contribution in [-0.4, -0.2) is 29.3 Å². The highest BCUT2D eigenvalue weighted by Crippen LogP contribution is 2.34. The zero-order valence-corrected chi connectivity index (χ0v) is 17.2. The molecule has 154 valence electrons. The second-order valence-electron chi connectivity index (χ2n) is 7.14. The fourth-order valence-electron chi connectivity index (χ4n) is 3.49. The first-order valence-electron chi connectivity index (χ1n) is 9.60. The number of unbranched alkanes of at least 4 members (excludes halogenated alkanes) is 1. The summed E-state index contributed by atoms with van der Waals surface area (Å²) in [5.74, 6) is -1.32. The lowest BCUT2D eigenvalue weighted by molar-refractivity contribution is -0.135. The van der Waals surface area contributed by atoms with Crippen LogP contribution in [0.2, 0.25) is 0 Å². The van der Waals surface area contributed by atoms with E-state index in [0.717, 1.165) is 16.2 Å². The lowest BCUT2D eigenvalue weighted by Crippen LogP contribution is -2.45. The normalized spacial score (nSPS) is 19.9. The molecule has 3 rings (SSSR count).